The number of rotatable bonds is 10. The van der Waals surface area contributed by atoms with Crippen LogP contribution in [0.4, 0.5) is 4.79 Å². The molecule has 8 nitrogen and oxygen atoms in total. The van der Waals surface area contributed by atoms with Crippen LogP contribution in [-0.4, -0.2) is 68.2 Å². The molecule has 0 fully saturated rings. The van der Waals surface area contributed by atoms with Crippen LogP contribution >= 0.6 is 24.0 Å². The first-order valence-corrected chi connectivity index (χ1v) is 11.0. The number of nitrogens with one attached hydrogen (secondary N) is 3. The van der Waals surface area contributed by atoms with E-state index in [0.29, 0.717) is 37.7 Å². The van der Waals surface area contributed by atoms with Crippen molar-refractivity contribution in [2.75, 3.05) is 39.8 Å². The van der Waals surface area contributed by atoms with Crippen molar-refractivity contribution in [2.45, 2.75) is 53.1 Å². The molecule has 9 heteroatoms. The predicted molar refractivity (Wildman–Crippen MR) is 141 cm³/mol. The summed E-state index contributed by atoms with van der Waals surface area (Å²) >= 11 is 0. The van der Waals surface area contributed by atoms with Gasteiger partial charge >= 0.3 is 6.09 Å². The van der Waals surface area contributed by atoms with Gasteiger partial charge in [0.25, 0.3) is 5.91 Å². The molecule has 0 radical (unpaired) electrons. The lowest BCUT2D eigenvalue weighted by Gasteiger charge is -2.27. The topological polar surface area (TPSA) is 95.1 Å². The Bertz CT molecular complexity index is 735. The fourth-order valence-corrected chi connectivity index (χ4v) is 2.85. The molecule has 3 N–H and O–H groups in total. The summed E-state index contributed by atoms with van der Waals surface area (Å²) in [6.07, 6.45) is 1.29. The first-order chi connectivity index (χ1) is 14.7. The third-order valence-electron chi connectivity index (χ3n) is 4.25. The van der Waals surface area contributed by atoms with Crippen molar-refractivity contribution in [2.24, 2.45) is 4.99 Å². The van der Waals surface area contributed by atoms with E-state index < -0.39 is 5.60 Å². The molecule has 0 aromatic heterocycles. The number of carbonyl (C=O) groups is 2. The van der Waals surface area contributed by atoms with Crippen molar-refractivity contribution < 1.29 is 14.3 Å². The van der Waals surface area contributed by atoms with Crippen molar-refractivity contribution in [1.82, 2.24) is 20.9 Å². The second kappa shape index (κ2) is 15.7. The van der Waals surface area contributed by atoms with E-state index in [4.69, 9.17) is 4.74 Å². The lowest BCUT2D eigenvalue weighted by molar-refractivity contribution is 0.0253. The normalized spacial score (nSPS) is 11.2. The van der Waals surface area contributed by atoms with E-state index in [0.717, 1.165) is 24.9 Å². The number of ether oxygens (including phenoxy) is 1. The average Bonchev–Trinajstić information content (AvgIpc) is 2.71. The first kappa shape index (κ1) is 30.0. The van der Waals surface area contributed by atoms with Crippen LogP contribution in [-0.2, 0) is 11.2 Å². The number of halogens is 1. The van der Waals surface area contributed by atoms with Gasteiger partial charge in [0.05, 0.1) is 0 Å². The summed E-state index contributed by atoms with van der Waals surface area (Å²) in [6, 6.07) is 7.56. The van der Waals surface area contributed by atoms with Gasteiger partial charge in [0.1, 0.15) is 5.60 Å². The number of nitrogens with zero attached hydrogens (tertiary/aromatic N) is 2. The van der Waals surface area contributed by atoms with Gasteiger partial charge in [-0.3, -0.25) is 9.79 Å². The maximum Gasteiger partial charge on any atom is 0.410 e. The maximum absolute atomic E-state index is 12.4. The summed E-state index contributed by atoms with van der Waals surface area (Å²) in [7, 11) is 1.62. The lowest BCUT2D eigenvalue weighted by Crippen LogP contribution is -2.44. The van der Waals surface area contributed by atoms with Gasteiger partial charge in [0.2, 0.25) is 0 Å². The zero-order chi connectivity index (χ0) is 23.3. The molecule has 0 aliphatic carbocycles. The fraction of sp³-hybridized carbons (Fsp3) is 0.609. The number of carbonyl (C=O) groups excluding carboxylic acids is 2. The molecule has 32 heavy (non-hydrogen) atoms. The van der Waals surface area contributed by atoms with Gasteiger partial charge in [-0.05, 0) is 58.2 Å². The summed E-state index contributed by atoms with van der Waals surface area (Å²) < 4.78 is 5.49. The predicted octanol–water partition coefficient (Wildman–Crippen LogP) is 3.41. The van der Waals surface area contributed by atoms with Crippen LogP contribution in [0.15, 0.2) is 29.3 Å². The van der Waals surface area contributed by atoms with Crippen LogP contribution in [0.1, 0.15) is 57.0 Å². The van der Waals surface area contributed by atoms with Crippen LogP contribution in [0.5, 0.6) is 0 Å². The third-order valence-corrected chi connectivity index (χ3v) is 4.25. The van der Waals surface area contributed by atoms with E-state index in [2.05, 4.69) is 20.9 Å². The Morgan fingerprint density at radius 2 is 1.84 bits per heavy atom. The first-order valence-electron chi connectivity index (χ1n) is 11.0. The molecule has 0 aliphatic heterocycles. The second-order valence-corrected chi connectivity index (χ2v) is 8.18. The highest BCUT2D eigenvalue weighted by molar-refractivity contribution is 14.0. The van der Waals surface area contributed by atoms with Crippen LogP contribution in [0.25, 0.3) is 0 Å². The number of guanidine groups is 1. The van der Waals surface area contributed by atoms with E-state index in [1.807, 2.05) is 52.8 Å². The summed E-state index contributed by atoms with van der Waals surface area (Å²) in [6.45, 7) is 12.7. The highest BCUT2D eigenvalue weighted by Gasteiger charge is 2.21. The number of hydrogen-bond acceptors (Lipinski definition) is 4. The average molecular weight is 562 g/mol. The summed E-state index contributed by atoms with van der Waals surface area (Å²) in [5.74, 6) is 0.604. The van der Waals surface area contributed by atoms with Crippen molar-refractivity contribution in [3.63, 3.8) is 0 Å². The minimum Gasteiger partial charge on any atom is -0.444 e. The maximum atomic E-state index is 12.4. The van der Waals surface area contributed by atoms with Gasteiger partial charge in [-0.2, -0.15) is 0 Å². The van der Waals surface area contributed by atoms with E-state index >= 15 is 0 Å². The lowest BCUT2D eigenvalue weighted by atomic mass is 10.1. The molecule has 0 heterocycles. The fourth-order valence-electron chi connectivity index (χ4n) is 2.85. The van der Waals surface area contributed by atoms with Gasteiger partial charge < -0.3 is 25.6 Å². The molecular weight excluding hydrogens is 521 g/mol. The Morgan fingerprint density at radius 1 is 1.12 bits per heavy atom. The van der Waals surface area contributed by atoms with Gasteiger partial charge in [-0.1, -0.05) is 19.1 Å². The van der Waals surface area contributed by atoms with E-state index in [9.17, 15) is 9.59 Å². The zero-order valence-corrected chi connectivity index (χ0v) is 22.6. The van der Waals surface area contributed by atoms with Crippen LogP contribution in [0, 0.1) is 0 Å². The van der Waals surface area contributed by atoms with E-state index in [1.54, 1.807) is 18.0 Å². The molecule has 1 aromatic carbocycles. The molecule has 0 atom stereocenters. The highest BCUT2D eigenvalue weighted by Crippen LogP contribution is 2.10. The SMILES string of the molecule is CCCN(CCNC(=NCCc1cccc(C(=O)NC)c1)NCC)C(=O)OC(C)(C)C.I. The largest absolute Gasteiger partial charge is 0.444 e. The molecule has 0 saturated carbocycles. The molecule has 2 amide bonds. The quantitative estimate of drug-likeness (QED) is 0.231. The van der Waals surface area contributed by atoms with E-state index in [-0.39, 0.29) is 36.0 Å². The summed E-state index contributed by atoms with van der Waals surface area (Å²) in [5.41, 5.74) is 1.19. The minimum absolute atomic E-state index is 0. The molecular formula is C23H40IN5O3. The molecule has 1 rings (SSSR count). The molecule has 0 unspecified atom stereocenters. The number of hydrogen-bond donors (Lipinski definition) is 3. The Labute approximate surface area is 210 Å². The Morgan fingerprint density at radius 3 is 2.44 bits per heavy atom. The number of amides is 2. The highest BCUT2D eigenvalue weighted by atomic mass is 127. The smallest absolute Gasteiger partial charge is 0.410 e. The van der Waals surface area contributed by atoms with Crippen LogP contribution in [0.3, 0.4) is 0 Å². The molecule has 182 valence electrons. The number of aliphatic imine (C=N–C) groups is 1. The monoisotopic (exact) mass is 561 g/mol. The van der Waals surface area contributed by atoms with Gasteiger partial charge in [0.15, 0.2) is 5.96 Å². The molecule has 0 saturated heterocycles. The van der Waals surface area contributed by atoms with Gasteiger partial charge in [-0.25, -0.2) is 4.79 Å². The standard InChI is InChI=1S/C23H39N5O3.HI/c1-7-15-28(22(30)31-23(3,4)5)16-14-27-21(25-8-2)26-13-12-18-10-9-11-19(17-18)20(29)24-6;/h9-11,17H,7-8,12-16H2,1-6H3,(H,24,29)(H2,25,26,27);1H. The second-order valence-electron chi connectivity index (χ2n) is 8.18. The van der Waals surface area contributed by atoms with Crippen molar-refractivity contribution in [1.29, 1.82) is 0 Å². The molecule has 0 spiro atoms. The summed E-state index contributed by atoms with van der Waals surface area (Å²) in [4.78, 5) is 30.5. The molecule has 1 aromatic rings. The minimum atomic E-state index is -0.512. The van der Waals surface area contributed by atoms with Crippen molar-refractivity contribution in [3.05, 3.63) is 35.4 Å². The van der Waals surface area contributed by atoms with Gasteiger partial charge in [0, 0.05) is 45.3 Å². The van der Waals surface area contributed by atoms with Crippen LogP contribution in [0.2, 0.25) is 0 Å². The Hall–Kier alpha value is -2.04. The Kier molecular flexibility index (Phi) is 14.7. The van der Waals surface area contributed by atoms with E-state index in [1.165, 1.54) is 0 Å². The summed E-state index contributed by atoms with van der Waals surface area (Å²) in [5, 5.41) is 9.14. The van der Waals surface area contributed by atoms with Crippen molar-refractivity contribution in [3.8, 4) is 0 Å². The Balaban J connectivity index is 0.00000961. The van der Waals surface area contributed by atoms with Crippen LogP contribution < -0.4 is 16.0 Å². The molecule has 0 aliphatic rings. The van der Waals surface area contributed by atoms with Crippen molar-refractivity contribution >= 4 is 41.9 Å². The molecule has 0 bridgehead atoms. The zero-order valence-electron chi connectivity index (χ0n) is 20.3. The van der Waals surface area contributed by atoms with Gasteiger partial charge in [-0.15, -0.1) is 24.0 Å². The number of benzene rings is 1. The third kappa shape index (κ3) is 12.1.